The number of aromatic nitrogens is 3. The first-order valence-electron chi connectivity index (χ1n) is 12.2. The van der Waals surface area contributed by atoms with Gasteiger partial charge in [0, 0.05) is 43.7 Å². The van der Waals surface area contributed by atoms with E-state index in [9.17, 15) is 9.90 Å². The predicted molar refractivity (Wildman–Crippen MR) is 134 cm³/mol. The molecule has 4 aromatic rings. The van der Waals surface area contributed by atoms with Crippen molar-refractivity contribution >= 4 is 33.9 Å². The van der Waals surface area contributed by atoms with Crippen LogP contribution < -0.4 is 9.64 Å². The minimum atomic E-state index is 0.203. The fourth-order valence-corrected chi connectivity index (χ4v) is 5.59. The number of hydrogen-bond acceptors (Lipinski definition) is 5. The molecule has 6 rings (SSSR count). The second-order valence-corrected chi connectivity index (χ2v) is 9.51. The van der Waals surface area contributed by atoms with Gasteiger partial charge >= 0.3 is 0 Å². The van der Waals surface area contributed by atoms with Crippen molar-refractivity contribution in [1.29, 1.82) is 0 Å². The molecule has 176 valence electrons. The molecule has 2 aromatic heterocycles. The Balaban J connectivity index is 1.57. The monoisotopic (exact) mass is 458 g/mol. The maximum atomic E-state index is 11.6. The van der Waals surface area contributed by atoms with Crippen molar-refractivity contribution in [1.82, 2.24) is 14.1 Å². The number of aldehydes is 1. The Bertz CT molecular complexity index is 1380. The lowest BCUT2D eigenvalue weighted by Crippen LogP contribution is -2.33. The molecule has 0 saturated heterocycles. The largest absolute Gasteiger partial charge is 0.494 e. The number of carbonyl (C=O) groups excluding carboxylic acids is 1. The number of hydrogen-bond donors (Lipinski definition) is 1. The number of anilines is 1. The van der Waals surface area contributed by atoms with Crippen molar-refractivity contribution in [2.75, 3.05) is 31.7 Å². The van der Waals surface area contributed by atoms with Crippen LogP contribution in [0.3, 0.4) is 0 Å². The minimum Gasteiger partial charge on any atom is -0.494 e. The van der Waals surface area contributed by atoms with Crippen LogP contribution in [0.4, 0.5) is 5.69 Å². The van der Waals surface area contributed by atoms with Crippen molar-refractivity contribution in [2.45, 2.75) is 38.8 Å². The molecule has 34 heavy (non-hydrogen) atoms. The summed E-state index contributed by atoms with van der Waals surface area (Å²) >= 11 is 0. The number of benzene rings is 2. The number of fused-ring (bicyclic) bond motifs is 1. The second kappa shape index (κ2) is 8.47. The zero-order valence-electron chi connectivity index (χ0n) is 19.5. The van der Waals surface area contributed by atoms with Crippen molar-refractivity contribution < 1.29 is 14.6 Å². The van der Waals surface area contributed by atoms with Gasteiger partial charge < -0.3 is 23.9 Å². The third kappa shape index (κ3) is 3.29. The van der Waals surface area contributed by atoms with Crippen LogP contribution in [0.25, 0.3) is 33.5 Å². The first-order valence-corrected chi connectivity index (χ1v) is 12.2. The summed E-state index contributed by atoms with van der Waals surface area (Å²) in [6.45, 7) is 3.72. The molecule has 1 fully saturated rings. The zero-order chi connectivity index (χ0) is 23.2. The number of ether oxygens (including phenoxy) is 1. The predicted octanol–water partition coefficient (Wildman–Crippen LogP) is 4.48. The summed E-state index contributed by atoms with van der Waals surface area (Å²) in [4.78, 5) is 19.0. The molecular formula is C27H30N4O3. The lowest BCUT2D eigenvalue weighted by Gasteiger charge is -2.31. The molecule has 3 heterocycles. The van der Waals surface area contributed by atoms with E-state index in [-0.39, 0.29) is 6.61 Å². The highest BCUT2D eigenvalue weighted by atomic mass is 16.5. The Labute approximate surface area is 198 Å². The SMILES string of the molecule is COc1cc(C=O)cc2nc(-c3cc4cccc5c4n3CCN5CCCO)n(CC3CCC3)c12. The fraction of sp³-hybridized carbons (Fsp3) is 0.407. The van der Waals surface area contributed by atoms with Crippen molar-refractivity contribution in [3.05, 3.63) is 42.0 Å². The van der Waals surface area contributed by atoms with Gasteiger partial charge in [-0.1, -0.05) is 18.6 Å². The molecule has 7 heteroatoms. The summed E-state index contributed by atoms with van der Waals surface area (Å²) < 4.78 is 10.5. The number of aliphatic hydroxyl groups is 1. The van der Waals surface area contributed by atoms with Crippen LogP contribution in [0.15, 0.2) is 36.4 Å². The maximum Gasteiger partial charge on any atom is 0.157 e. The highest BCUT2D eigenvalue weighted by molar-refractivity contribution is 5.98. The number of nitrogens with zero attached hydrogens (tertiary/aromatic N) is 4. The highest BCUT2D eigenvalue weighted by Crippen LogP contribution is 2.40. The minimum absolute atomic E-state index is 0.203. The molecule has 0 bridgehead atoms. The van der Waals surface area contributed by atoms with Gasteiger partial charge in [0.15, 0.2) is 5.82 Å². The lowest BCUT2D eigenvalue weighted by molar-refractivity contribution is 0.112. The van der Waals surface area contributed by atoms with E-state index >= 15 is 0 Å². The van der Waals surface area contributed by atoms with E-state index in [4.69, 9.17) is 9.72 Å². The highest BCUT2D eigenvalue weighted by Gasteiger charge is 2.28. The second-order valence-electron chi connectivity index (χ2n) is 9.51. The lowest BCUT2D eigenvalue weighted by atomic mass is 9.85. The van der Waals surface area contributed by atoms with Crippen LogP contribution in [-0.2, 0) is 13.1 Å². The molecule has 0 amide bonds. The Hall–Kier alpha value is -3.32. The number of methoxy groups -OCH3 is 1. The Morgan fingerprint density at radius 1 is 1.18 bits per heavy atom. The topological polar surface area (TPSA) is 72.5 Å². The Kier molecular flexibility index (Phi) is 5.29. The van der Waals surface area contributed by atoms with E-state index in [2.05, 4.69) is 38.3 Å². The third-order valence-corrected chi connectivity index (χ3v) is 7.50. The van der Waals surface area contributed by atoms with E-state index in [0.717, 1.165) is 61.4 Å². The van der Waals surface area contributed by atoms with Gasteiger partial charge in [-0.25, -0.2) is 4.98 Å². The normalized spacial score (nSPS) is 15.8. The number of aliphatic hydroxyl groups excluding tert-OH is 1. The van der Waals surface area contributed by atoms with Crippen LogP contribution in [0, 0.1) is 5.92 Å². The maximum absolute atomic E-state index is 11.6. The molecule has 7 nitrogen and oxygen atoms in total. The van der Waals surface area contributed by atoms with Gasteiger partial charge in [0.05, 0.1) is 29.5 Å². The molecule has 1 saturated carbocycles. The molecule has 1 aliphatic heterocycles. The quantitative estimate of drug-likeness (QED) is 0.394. The van der Waals surface area contributed by atoms with Gasteiger partial charge in [-0.2, -0.15) is 0 Å². The summed E-state index contributed by atoms with van der Waals surface area (Å²) in [7, 11) is 1.66. The molecule has 0 unspecified atom stereocenters. The number of imidazole rings is 1. The van der Waals surface area contributed by atoms with E-state index in [1.54, 1.807) is 7.11 Å². The summed E-state index contributed by atoms with van der Waals surface area (Å²) in [6.07, 6.45) is 5.38. The standard InChI is InChI=1S/C27H30N4O3/c1-34-24-14-19(17-33)13-21-26(24)31(16-18-5-2-6-18)27(28-21)23-15-20-7-3-8-22-25(20)30(23)11-10-29(22)9-4-12-32/h3,7-8,13-15,17-18,32H,2,4-6,9-12,16H2,1H3. The molecular weight excluding hydrogens is 428 g/mol. The van der Waals surface area contributed by atoms with Gasteiger partial charge in [0.1, 0.15) is 17.6 Å². The van der Waals surface area contributed by atoms with E-state index in [1.807, 2.05) is 12.1 Å². The van der Waals surface area contributed by atoms with Crippen molar-refractivity contribution in [2.24, 2.45) is 5.92 Å². The van der Waals surface area contributed by atoms with Crippen molar-refractivity contribution in [3.63, 3.8) is 0 Å². The van der Waals surface area contributed by atoms with E-state index in [0.29, 0.717) is 17.2 Å². The van der Waals surface area contributed by atoms with Gasteiger partial charge in [-0.05, 0) is 49.4 Å². The van der Waals surface area contributed by atoms with Crippen LogP contribution in [0.2, 0.25) is 0 Å². The number of rotatable bonds is 8. The smallest absolute Gasteiger partial charge is 0.157 e. The van der Waals surface area contributed by atoms with Gasteiger partial charge in [0.2, 0.25) is 0 Å². The van der Waals surface area contributed by atoms with Crippen LogP contribution in [0.1, 0.15) is 36.0 Å². The van der Waals surface area contributed by atoms with Gasteiger partial charge in [0.25, 0.3) is 0 Å². The molecule has 0 radical (unpaired) electrons. The third-order valence-electron chi connectivity index (χ3n) is 7.50. The van der Waals surface area contributed by atoms with Gasteiger partial charge in [-0.3, -0.25) is 4.79 Å². The summed E-state index contributed by atoms with van der Waals surface area (Å²) in [5.41, 5.74) is 5.89. The number of para-hydroxylation sites is 1. The first kappa shape index (κ1) is 21.2. The summed E-state index contributed by atoms with van der Waals surface area (Å²) in [5, 5.41) is 10.5. The van der Waals surface area contributed by atoms with Crippen LogP contribution in [-0.4, -0.2) is 52.3 Å². The number of carbonyl (C=O) groups is 1. The summed E-state index contributed by atoms with van der Waals surface area (Å²) in [5.74, 6) is 2.28. The van der Waals surface area contributed by atoms with Crippen LogP contribution in [0.5, 0.6) is 5.75 Å². The molecule has 2 aromatic carbocycles. The molecule has 1 aliphatic carbocycles. The van der Waals surface area contributed by atoms with E-state index < -0.39 is 0 Å². The van der Waals surface area contributed by atoms with Crippen molar-refractivity contribution in [3.8, 4) is 17.3 Å². The van der Waals surface area contributed by atoms with Gasteiger partial charge in [-0.15, -0.1) is 0 Å². The molecule has 1 N–H and O–H groups in total. The first-order chi connectivity index (χ1) is 16.7. The average molecular weight is 459 g/mol. The summed E-state index contributed by atoms with van der Waals surface area (Å²) in [6, 6.07) is 12.4. The Morgan fingerprint density at radius 3 is 2.79 bits per heavy atom. The molecule has 2 aliphatic rings. The van der Waals surface area contributed by atoms with Crippen LogP contribution >= 0.6 is 0 Å². The zero-order valence-corrected chi connectivity index (χ0v) is 19.5. The average Bonchev–Trinajstić information content (AvgIpc) is 3.39. The van der Waals surface area contributed by atoms with E-state index in [1.165, 1.54) is 35.9 Å². The fourth-order valence-electron chi connectivity index (χ4n) is 5.59. The molecule has 0 atom stereocenters. The molecule has 0 spiro atoms. The Morgan fingerprint density at radius 2 is 2.06 bits per heavy atom.